The molecule has 3 rings (SSSR count). The number of likely N-dealkylation sites (tertiary alicyclic amines) is 1. The molecule has 0 saturated carbocycles. The maximum absolute atomic E-state index is 12.2. The Morgan fingerprint density at radius 2 is 2.18 bits per heavy atom. The lowest BCUT2D eigenvalue weighted by Crippen LogP contribution is -2.50. The molecule has 1 amide bonds. The molecular formula is C12H15NO4. The monoisotopic (exact) mass is 237 g/mol. The van der Waals surface area contributed by atoms with Gasteiger partial charge in [-0.1, -0.05) is 0 Å². The zero-order chi connectivity index (χ0) is 11.7. The second-order valence-corrected chi connectivity index (χ2v) is 4.45. The third-order valence-electron chi connectivity index (χ3n) is 3.29. The van der Waals surface area contributed by atoms with Crippen molar-refractivity contribution in [3.63, 3.8) is 0 Å². The third-order valence-corrected chi connectivity index (χ3v) is 3.29. The van der Waals surface area contributed by atoms with Crippen molar-refractivity contribution in [3.05, 3.63) is 24.2 Å². The summed E-state index contributed by atoms with van der Waals surface area (Å²) in [7, 11) is 0. The second kappa shape index (κ2) is 4.16. The number of piperidine rings is 1. The van der Waals surface area contributed by atoms with Crippen molar-refractivity contribution in [1.29, 1.82) is 0 Å². The lowest BCUT2D eigenvalue weighted by Gasteiger charge is -2.38. The number of carbonyl (C=O) groups is 1. The molecule has 17 heavy (non-hydrogen) atoms. The van der Waals surface area contributed by atoms with Crippen molar-refractivity contribution in [2.24, 2.45) is 0 Å². The molecule has 0 unspecified atom stereocenters. The first-order valence-corrected chi connectivity index (χ1v) is 5.88. The molecule has 2 aliphatic heterocycles. The van der Waals surface area contributed by atoms with Crippen LogP contribution in [0.25, 0.3) is 0 Å². The molecule has 2 aliphatic rings. The summed E-state index contributed by atoms with van der Waals surface area (Å²) >= 11 is 0. The number of ether oxygens (including phenoxy) is 2. The van der Waals surface area contributed by atoms with E-state index in [2.05, 4.69) is 0 Å². The van der Waals surface area contributed by atoms with Crippen molar-refractivity contribution in [2.45, 2.75) is 18.6 Å². The van der Waals surface area contributed by atoms with Gasteiger partial charge in [0.15, 0.2) is 5.79 Å². The van der Waals surface area contributed by atoms with Crippen molar-refractivity contribution in [3.8, 4) is 0 Å². The first kappa shape index (κ1) is 10.8. The second-order valence-electron chi connectivity index (χ2n) is 4.45. The van der Waals surface area contributed by atoms with Crippen molar-refractivity contribution < 1.29 is 18.7 Å². The molecule has 0 radical (unpaired) electrons. The minimum absolute atomic E-state index is 0.0167. The molecule has 1 aromatic heterocycles. The van der Waals surface area contributed by atoms with Crippen molar-refractivity contribution in [1.82, 2.24) is 4.90 Å². The topological polar surface area (TPSA) is 51.9 Å². The average molecular weight is 237 g/mol. The van der Waals surface area contributed by atoms with E-state index in [9.17, 15) is 4.79 Å². The first-order chi connectivity index (χ1) is 8.29. The molecule has 1 spiro atoms. The van der Waals surface area contributed by atoms with E-state index in [1.807, 2.05) is 0 Å². The normalized spacial score (nSPS) is 23.2. The fourth-order valence-electron chi connectivity index (χ4n) is 2.46. The minimum atomic E-state index is -0.558. The fourth-order valence-corrected chi connectivity index (χ4v) is 2.46. The third kappa shape index (κ3) is 1.96. The van der Waals surface area contributed by atoms with Gasteiger partial charge >= 0.3 is 0 Å². The summed E-state index contributed by atoms with van der Waals surface area (Å²) in [6, 6.07) is 1.68. The van der Waals surface area contributed by atoms with E-state index in [0.717, 1.165) is 19.4 Å². The summed E-state index contributed by atoms with van der Waals surface area (Å²) in [6.07, 6.45) is 4.75. The van der Waals surface area contributed by atoms with E-state index >= 15 is 0 Å². The van der Waals surface area contributed by atoms with Gasteiger partial charge in [0.05, 0.1) is 31.6 Å². The Labute approximate surface area is 99.3 Å². The van der Waals surface area contributed by atoms with Gasteiger partial charge in [-0.05, 0) is 12.5 Å². The highest BCUT2D eigenvalue weighted by molar-refractivity contribution is 5.93. The average Bonchev–Trinajstić information content (AvgIpc) is 3.00. The summed E-state index contributed by atoms with van der Waals surface area (Å²) < 4.78 is 16.2. The highest BCUT2D eigenvalue weighted by Gasteiger charge is 2.42. The molecule has 0 atom stereocenters. The standard InChI is InChI=1S/C12H15NO4/c14-11(10-2-5-15-8-10)13-4-1-3-12(9-13)16-6-7-17-12/h2,5,8H,1,3-4,6-7,9H2. The number of hydrogen-bond acceptors (Lipinski definition) is 4. The van der Waals surface area contributed by atoms with Crippen LogP contribution in [0.3, 0.4) is 0 Å². The number of furan rings is 1. The molecule has 0 bridgehead atoms. The van der Waals surface area contributed by atoms with Crippen LogP contribution in [0.4, 0.5) is 0 Å². The van der Waals surface area contributed by atoms with Gasteiger partial charge in [0, 0.05) is 13.0 Å². The van der Waals surface area contributed by atoms with Gasteiger partial charge in [-0.2, -0.15) is 0 Å². The summed E-state index contributed by atoms with van der Waals surface area (Å²) in [4.78, 5) is 13.9. The van der Waals surface area contributed by atoms with Crippen LogP contribution in [0.2, 0.25) is 0 Å². The summed E-state index contributed by atoms with van der Waals surface area (Å²) in [6.45, 7) is 2.50. The van der Waals surface area contributed by atoms with Crippen LogP contribution in [0, 0.1) is 0 Å². The zero-order valence-electron chi connectivity index (χ0n) is 9.55. The summed E-state index contributed by atoms with van der Waals surface area (Å²) in [5.74, 6) is -0.575. The lowest BCUT2D eigenvalue weighted by molar-refractivity contribution is -0.183. The van der Waals surface area contributed by atoms with Gasteiger partial charge in [0.1, 0.15) is 6.26 Å². The molecule has 2 fully saturated rings. The predicted octanol–water partition coefficient (Wildman–Crippen LogP) is 1.26. The van der Waals surface area contributed by atoms with Crippen LogP contribution in [0.5, 0.6) is 0 Å². The Balaban J connectivity index is 1.73. The van der Waals surface area contributed by atoms with Gasteiger partial charge in [-0.15, -0.1) is 0 Å². The molecule has 0 N–H and O–H groups in total. The predicted molar refractivity (Wildman–Crippen MR) is 58.5 cm³/mol. The summed E-state index contributed by atoms with van der Waals surface area (Å²) in [5.41, 5.74) is 0.583. The Bertz CT molecular complexity index is 395. The quantitative estimate of drug-likeness (QED) is 0.737. The van der Waals surface area contributed by atoms with E-state index in [0.29, 0.717) is 25.3 Å². The fraction of sp³-hybridized carbons (Fsp3) is 0.583. The van der Waals surface area contributed by atoms with Gasteiger partial charge in [-0.3, -0.25) is 4.79 Å². The molecule has 5 nitrogen and oxygen atoms in total. The van der Waals surface area contributed by atoms with Crippen LogP contribution in [-0.2, 0) is 9.47 Å². The molecular weight excluding hydrogens is 222 g/mol. The maximum atomic E-state index is 12.2. The Morgan fingerprint density at radius 3 is 2.88 bits per heavy atom. The molecule has 5 heteroatoms. The van der Waals surface area contributed by atoms with Crippen LogP contribution < -0.4 is 0 Å². The van der Waals surface area contributed by atoms with Gasteiger partial charge < -0.3 is 18.8 Å². The van der Waals surface area contributed by atoms with E-state index in [1.54, 1.807) is 11.0 Å². The SMILES string of the molecule is O=C(c1ccoc1)N1CCCC2(C1)OCCO2. The number of carbonyl (C=O) groups excluding carboxylic acids is 1. The lowest BCUT2D eigenvalue weighted by atomic mass is 10.0. The number of hydrogen-bond donors (Lipinski definition) is 0. The first-order valence-electron chi connectivity index (χ1n) is 5.88. The van der Waals surface area contributed by atoms with Crippen LogP contribution in [0.1, 0.15) is 23.2 Å². The Hall–Kier alpha value is -1.33. The van der Waals surface area contributed by atoms with E-state index < -0.39 is 5.79 Å². The number of rotatable bonds is 1. The highest BCUT2D eigenvalue weighted by Crippen LogP contribution is 2.30. The number of nitrogens with zero attached hydrogens (tertiary/aromatic N) is 1. The van der Waals surface area contributed by atoms with Crippen LogP contribution in [0.15, 0.2) is 23.0 Å². The van der Waals surface area contributed by atoms with Gasteiger partial charge in [0.2, 0.25) is 0 Å². The molecule has 3 heterocycles. The molecule has 92 valence electrons. The molecule has 0 aliphatic carbocycles. The van der Waals surface area contributed by atoms with Gasteiger partial charge in [0.25, 0.3) is 5.91 Å². The van der Waals surface area contributed by atoms with Crippen molar-refractivity contribution in [2.75, 3.05) is 26.3 Å². The summed E-state index contributed by atoms with van der Waals surface area (Å²) in [5, 5.41) is 0. The van der Waals surface area contributed by atoms with Crippen LogP contribution >= 0.6 is 0 Å². The maximum Gasteiger partial charge on any atom is 0.257 e. The van der Waals surface area contributed by atoms with Crippen LogP contribution in [-0.4, -0.2) is 42.9 Å². The Kier molecular flexibility index (Phi) is 2.64. The molecule has 0 aromatic carbocycles. The minimum Gasteiger partial charge on any atom is -0.472 e. The van der Waals surface area contributed by atoms with E-state index in [-0.39, 0.29) is 5.91 Å². The highest BCUT2D eigenvalue weighted by atomic mass is 16.7. The largest absolute Gasteiger partial charge is 0.472 e. The number of amides is 1. The zero-order valence-corrected chi connectivity index (χ0v) is 9.55. The molecule has 2 saturated heterocycles. The van der Waals surface area contributed by atoms with Gasteiger partial charge in [-0.25, -0.2) is 0 Å². The van der Waals surface area contributed by atoms with E-state index in [1.165, 1.54) is 12.5 Å². The van der Waals surface area contributed by atoms with E-state index in [4.69, 9.17) is 13.9 Å². The Morgan fingerprint density at radius 1 is 1.35 bits per heavy atom. The van der Waals surface area contributed by atoms with Crippen molar-refractivity contribution >= 4 is 5.91 Å². The smallest absolute Gasteiger partial charge is 0.257 e. The molecule has 1 aromatic rings.